The van der Waals surface area contributed by atoms with Gasteiger partial charge < -0.3 is 9.88 Å². The first-order valence-corrected chi connectivity index (χ1v) is 9.76. The largest absolute Gasteiger partial charge is 0.345 e. The molecular formula is C19H20N2O2S. The molecule has 5 heteroatoms. The minimum Gasteiger partial charge on any atom is -0.345 e. The predicted octanol–water partition coefficient (Wildman–Crippen LogP) is 3.23. The number of nitrogens with one attached hydrogen (secondary N) is 1. The lowest BCUT2D eigenvalue weighted by molar-refractivity contribution is 0.517. The van der Waals surface area contributed by atoms with Crippen LogP contribution in [-0.4, -0.2) is 25.6 Å². The predicted molar refractivity (Wildman–Crippen MR) is 94.9 cm³/mol. The topological polar surface area (TPSA) is 51.1 Å². The minimum atomic E-state index is -3.52. The highest BCUT2D eigenvalue weighted by molar-refractivity contribution is 7.91. The van der Waals surface area contributed by atoms with Gasteiger partial charge in [0.05, 0.1) is 9.79 Å². The van der Waals surface area contributed by atoms with E-state index in [2.05, 4.69) is 9.88 Å². The lowest BCUT2D eigenvalue weighted by Gasteiger charge is -2.12. The molecule has 0 radical (unpaired) electrons. The molecule has 124 valence electrons. The van der Waals surface area contributed by atoms with Gasteiger partial charge in [0.15, 0.2) is 0 Å². The van der Waals surface area contributed by atoms with E-state index in [1.807, 2.05) is 30.3 Å². The summed E-state index contributed by atoms with van der Waals surface area (Å²) in [6.45, 7) is 1.84. The molecule has 0 bridgehead atoms. The van der Waals surface area contributed by atoms with Crippen LogP contribution in [0.25, 0.3) is 10.9 Å². The van der Waals surface area contributed by atoms with E-state index in [9.17, 15) is 8.42 Å². The highest BCUT2D eigenvalue weighted by Crippen LogP contribution is 2.30. The zero-order valence-electron chi connectivity index (χ0n) is 13.4. The third kappa shape index (κ3) is 2.64. The van der Waals surface area contributed by atoms with Gasteiger partial charge in [0.1, 0.15) is 0 Å². The van der Waals surface area contributed by atoms with E-state index < -0.39 is 9.84 Å². The van der Waals surface area contributed by atoms with Crippen molar-refractivity contribution in [3.8, 4) is 0 Å². The summed E-state index contributed by atoms with van der Waals surface area (Å²) in [5, 5.41) is 4.27. The molecule has 1 aliphatic heterocycles. The van der Waals surface area contributed by atoms with Gasteiger partial charge in [0, 0.05) is 29.7 Å². The molecule has 1 atom stereocenters. The van der Waals surface area contributed by atoms with Crippen LogP contribution in [0, 0.1) is 0 Å². The lowest BCUT2D eigenvalue weighted by Crippen LogP contribution is -2.26. The molecule has 0 amide bonds. The number of nitrogens with zero attached hydrogens (tertiary/aromatic N) is 1. The maximum atomic E-state index is 13.1. The lowest BCUT2D eigenvalue weighted by atomic mass is 10.2. The highest BCUT2D eigenvalue weighted by atomic mass is 32.2. The molecule has 1 unspecified atom stereocenters. The van der Waals surface area contributed by atoms with E-state index in [-0.39, 0.29) is 0 Å². The standard InChI is InChI=1S/C19H20N2O2S/c22-24(23,16-8-2-1-3-9-16)19-14-21(13-15-7-6-12-20-15)18-11-5-4-10-17(18)19/h1-5,8-11,14-15,20H,6-7,12-13H2. The van der Waals surface area contributed by atoms with Crippen LogP contribution in [0.1, 0.15) is 12.8 Å². The van der Waals surface area contributed by atoms with Crippen molar-refractivity contribution in [3.63, 3.8) is 0 Å². The quantitative estimate of drug-likeness (QED) is 0.793. The van der Waals surface area contributed by atoms with Gasteiger partial charge in [-0.1, -0.05) is 36.4 Å². The fourth-order valence-corrected chi connectivity index (χ4v) is 4.95. The maximum Gasteiger partial charge on any atom is 0.208 e. The van der Waals surface area contributed by atoms with Gasteiger partial charge in [-0.15, -0.1) is 0 Å². The van der Waals surface area contributed by atoms with E-state index in [0.29, 0.717) is 15.8 Å². The van der Waals surface area contributed by atoms with E-state index in [1.165, 1.54) is 6.42 Å². The van der Waals surface area contributed by atoms with E-state index in [1.54, 1.807) is 30.5 Å². The molecule has 24 heavy (non-hydrogen) atoms. The Morgan fingerprint density at radius 3 is 2.54 bits per heavy atom. The van der Waals surface area contributed by atoms with Crippen LogP contribution in [0.15, 0.2) is 70.6 Å². The summed E-state index contributed by atoms with van der Waals surface area (Å²) in [6.07, 6.45) is 4.11. The Hall–Kier alpha value is -2.11. The van der Waals surface area contributed by atoms with E-state index in [4.69, 9.17) is 0 Å². The second-order valence-electron chi connectivity index (χ2n) is 6.27. The SMILES string of the molecule is O=S(=O)(c1ccccc1)c1cn(CC2CCCN2)c2ccccc12. The van der Waals surface area contributed by atoms with Crippen LogP contribution in [0.2, 0.25) is 0 Å². The first-order chi connectivity index (χ1) is 11.7. The molecule has 4 nitrogen and oxygen atoms in total. The summed E-state index contributed by atoms with van der Waals surface area (Å²) in [5.41, 5.74) is 0.973. The first-order valence-electron chi connectivity index (χ1n) is 8.28. The number of rotatable bonds is 4. The number of sulfone groups is 1. The van der Waals surface area contributed by atoms with Crippen molar-refractivity contribution >= 4 is 20.7 Å². The fraction of sp³-hybridized carbons (Fsp3) is 0.263. The molecular weight excluding hydrogens is 320 g/mol. The zero-order chi connectivity index (χ0) is 16.6. The zero-order valence-corrected chi connectivity index (χ0v) is 14.2. The van der Waals surface area contributed by atoms with Crippen molar-refractivity contribution in [1.29, 1.82) is 0 Å². The van der Waals surface area contributed by atoms with Crippen LogP contribution in [0.3, 0.4) is 0 Å². The number of fused-ring (bicyclic) bond motifs is 1. The monoisotopic (exact) mass is 340 g/mol. The van der Waals surface area contributed by atoms with Crippen molar-refractivity contribution in [3.05, 3.63) is 60.8 Å². The van der Waals surface area contributed by atoms with Gasteiger partial charge in [0.2, 0.25) is 9.84 Å². The Morgan fingerprint density at radius 2 is 1.79 bits per heavy atom. The molecule has 0 saturated carbocycles. The van der Waals surface area contributed by atoms with Crippen LogP contribution >= 0.6 is 0 Å². The highest BCUT2D eigenvalue weighted by Gasteiger charge is 2.24. The molecule has 0 aliphatic carbocycles. The third-order valence-electron chi connectivity index (χ3n) is 4.67. The summed E-state index contributed by atoms with van der Waals surface area (Å²) >= 11 is 0. The Bertz CT molecular complexity index is 955. The Labute approximate surface area is 142 Å². The normalized spacial score (nSPS) is 18.2. The number of para-hydroxylation sites is 1. The van der Waals surface area contributed by atoms with Crippen LogP contribution in [0.5, 0.6) is 0 Å². The van der Waals surface area contributed by atoms with E-state index >= 15 is 0 Å². The molecule has 0 spiro atoms. The second kappa shape index (κ2) is 6.07. The minimum absolute atomic E-state index is 0.340. The summed E-state index contributed by atoms with van der Waals surface area (Å²) in [6, 6.07) is 16.8. The second-order valence-corrected chi connectivity index (χ2v) is 8.19. The third-order valence-corrected chi connectivity index (χ3v) is 6.47. The van der Waals surface area contributed by atoms with Crippen LogP contribution in [-0.2, 0) is 16.4 Å². The summed E-state index contributed by atoms with van der Waals surface area (Å²) in [7, 11) is -3.52. The van der Waals surface area contributed by atoms with Crippen LogP contribution in [0.4, 0.5) is 0 Å². The van der Waals surface area contributed by atoms with Crippen molar-refractivity contribution in [1.82, 2.24) is 9.88 Å². The van der Waals surface area contributed by atoms with Gasteiger partial charge >= 0.3 is 0 Å². The summed E-state index contributed by atoms with van der Waals surface area (Å²) in [4.78, 5) is 0.731. The molecule has 1 N–H and O–H groups in total. The van der Waals surface area contributed by atoms with Crippen molar-refractivity contribution in [2.24, 2.45) is 0 Å². The first kappa shape index (κ1) is 15.4. The number of aromatic nitrogens is 1. The molecule has 3 aromatic rings. The number of benzene rings is 2. The summed E-state index contributed by atoms with van der Waals surface area (Å²) < 4.78 is 28.2. The van der Waals surface area contributed by atoms with Crippen LogP contribution < -0.4 is 5.32 Å². The van der Waals surface area contributed by atoms with Crippen molar-refractivity contribution in [2.45, 2.75) is 35.2 Å². The molecule has 1 aromatic heterocycles. The number of hydrogen-bond acceptors (Lipinski definition) is 3. The van der Waals surface area contributed by atoms with Gasteiger partial charge in [-0.3, -0.25) is 0 Å². The van der Waals surface area contributed by atoms with Crippen molar-refractivity contribution < 1.29 is 8.42 Å². The van der Waals surface area contributed by atoms with E-state index in [0.717, 1.165) is 30.4 Å². The smallest absolute Gasteiger partial charge is 0.208 e. The molecule has 1 aliphatic rings. The average molecular weight is 340 g/mol. The summed E-state index contributed by atoms with van der Waals surface area (Å²) in [5.74, 6) is 0. The fourth-order valence-electron chi connectivity index (χ4n) is 3.45. The Morgan fingerprint density at radius 1 is 1.04 bits per heavy atom. The number of hydrogen-bond donors (Lipinski definition) is 1. The molecule has 2 aromatic carbocycles. The maximum absolute atomic E-state index is 13.1. The van der Waals surface area contributed by atoms with Gasteiger partial charge in [-0.2, -0.15) is 0 Å². The molecule has 2 heterocycles. The van der Waals surface area contributed by atoms with Gasteiger partial charge in [0.25, 0.3) is 0 Å². The molecule has 1 fully saturated rings. The Kier molecular flexibility index (Phi) is 3.90. The van der Waals surface area contributed by atoms with Crippen molar-refractivity contribution in [2.75, 3.05) is 6.54 Å². The molecule has 4 rings (SSSR count). The van der Waals surface area contributed by atoms with Gasteiger partial charge in [-0.05, 0) is 37.6 Å². The average Bonchev–Trinajstić information content (AvgIpc) is 3.25. The van der Waals surface area contributed by atoms with Gasteiger partial charge in [-0.25, -0.2) is 8.42 Å². The molecule has 1 saturated heterocycles. The Balaban J connectivity index is 1.84.